The number of ether oxygens (including phenoxy) is 1. The van der Waals surface area contributed by atoms with Gasteiger partial charge in [-0.15, -0.1) is 0 Å². The lowest BCUT2D eigenvalue weighted by molar-refractivity contribution is 0.0526. The molecule has 0 radical (unpaired) electrons. The summed E-state index contributed by atoms with van der Waals surface area (Å²) < 4.78 is 5.16. The fraction of sp³-hybridized carbons (Fsp3) is 0.650. The minimum absolute atomic E-state index is 0.208. The zero-order valence-electron chi connectivity index (χ0n) is 16.6. The largest absolute Gasteiger partial charge is 0.444 e. The number of carbonyl (C=O) groups excluding carboxylic acids is 2. The van der Waals surface area contributed by atoms with Crippen molar-refractivity contribution < 1.29 is 14.3 Å². The second-order valence-electron chi connectivity index (χ2n) is 7.97. The van der Waals surface area contributed by atoms with Crippen molar-refractivity contribution in [1.82, 2.24) is 15.6 Å². The molecule has 27 heavy (non-hydrogen) atoms. The highest BCUT2D eigenvalue weighted by atomic mass is 16.6. The standard InChI is InChI=1S/C20H32N4O3/c1-20(2,3)27-19(26)23-13-12-22-18(25)16-10-7-11-21-17(16)24-14-15-8-5-4-6-9-15/h7,10-11,15H,4-6,8-9,12-14H2,1-3H3,(H,21,24)(H,22,25)(H,23,26). The second kappa shape index (κ2) is 10.1. The Hall–Kier alpha value is -2.31. The van der Waals surface area contributed by atoms with Gasteiger partial charge in [-0.25, -0.2) is 9.78 Å². The third-order valence-electron chi connectivity index (χ3n) is 4.41. The molecule has 0 saturated heterocycles. The van der Waals surface area contributed by atoms with Crippen molar-refractivity contribution in [2.24, 2.45) is 5.92 Å². The zero-order valence-corrected chi connectivity index (χ0v) is 16.6. The molecule has 0 bridgehead atoms. The Bertz CT molecular complexity index is 622. The topological polar surface area (TPSA) is 92.4 Å². The lowest BCUT2D eigenvalue weighted by atomic mass is 9.89. The van der Waals surface area contributed by atoms with Gasteiger partial charge in [-0.2, -0.15) is 0 Å². The van der Waals surface area contributed by atoms with Crippen LogP contribution in [0.25, 0.3) is 0 Å². The molecule has 1 aliphatic rings. The molecular weight excluding hydrogens is 344 g/mol. The molecule has 1 fully saturated rings. The van der Waals surface area contributed by atoms with E-state index < -0.39 is 11.7 Å². The van der Waals surface area contributed by atoms with Gasteiger partial charge in [0.05, 0.1) is 5.56 Å². The lowest BCUT2D eigenvalue weighted by Crippen LogP contribution is -2.38. The number of aromatic nitrogens is 1. The van der Waals surface area contributed by atoms with Crippen molar-refractivity contribution in [2.75, 3.05) is 25.0 Å². The van der Waals surface area contributed by atoms with E-state index in [1.165, 1.54) is 32.1 Å². The summed E-state index contributed by atoms with van der Waals surface area (Å²) in [6.07, 6.45) is 7.55. The molecule has 0 atom stereocenters. The van der Waals surface area contributed by atoms with E-state index in [2.05, 4.69) is 20.9 Å². The molecule has 7 heteroatoms. The summed E-state index contributed by atoms with van der Waals surface area (Å²) in [6, 6.07) is 3.51. The van der Waals surface area contributed by atoms with Crippen molar-refractivity contribution in [3.05, 3.63) is 23.9 Å². The predicted octanol–water partition coefficient (Wildman–Crippen LogP) is 3.33. The molecule has 3 N–H and O–H groups in total. The number of carbonyl (C=O) groups is 2. The maximum atomic E-state index is 12.5. The van der Waals surface area contributed by atoms with E-state index >= 15 is 0 Å². The van der Waals surface area contributed by atoms with E-state index in [9.17, 15) is 9.59 Å². The van der Waals surface area contributed by atoms with Crippen molar-refractivity contribution in [3.63, 3.8) is 0 Å². The van der Waals surface area contributed by atoms with E-state index in [1.807, 2.05) is 0 Å². The second-order valence-corrected chi connectivity index (χ2v) is 7.97. The average Bonchev–Trinajstić information content (AvgIpc) is 2.63. The lowest BCUT2D eigenvalue weighted by Gasteiger charge is -2.22. The summed E-state index contributed by atoms with van der Waals surface area (Å²) in [5.74, 6) is 1.05. The van der Waals surface area contributed by atoms with E-state index in [0.29, 0.717) is 30.4 Å². The number of hydrogen-bond donors (Lipinski definition) is 3. The Balaban J connectivity index is 1.77. The molecule has 1 aromatic heterocycles. The maximum absolute atomic E-state index is 12.5. The normalized spacial score (nSPS) is 15.1. The highest BCUT2D eigenvalue weighted by Crippen LogP contribution is 2.24. The van der Waals surface area contributed by atoms with Crippen molar-refractivity contribution in [1.29, 1.82) is 0 Å². The molecule has 1 heterocycles. The third kappa shape index (κ3) is 7.85. The van der Waals surface area contributed by atoms with Gasteiger partial charge in [0.1, 0.15) is 11.4 Å². The molecule has 1 saturated carbocycles. The van der Waals surface area contributed by atoms with Gasteiger partial charge in [0, 0.05) is 25.8 Å². The fourth-order valence-electron chi connectivity index (χ4n) is 3.11. The van der Waals surface area contributed by atoms with Crippen LogP contribution in [0.15, 0.2) is 18.3 Å². The Labute approximate surface area is 161 Å². The van der Waals surface area contributed by atoms with Gasteiger partial charge < -0.3 is 20.7 Å². The van der Waals surface area contributed by atoms with Crippen molar-refractivity contribution in [3.8, 4) is 0 Å². The van der Waals surface area contributed by atoms with E-state index in [-0.39, 0.29) is 5.91 Å². The Morgan fingerprint density at radius 2 is 1.85 bits per heavy atom. The van der Waals surface area contributed by atoms with Gasteiger partial charge in [0.15, 0.2) is 0 Å². The molecule has 2 amide bonds. The first kappa shape index (κ1) is 21.0. The van der Waals surface area contributed by atoms with E-state index in [0.717, 1.165) is 6.54 Å². The molecule has 7 nitrogen and oxygen atoms in total. The molecule has 150 valence electrons. The predicted molar refractivity (Wildman–Crippen MR) is 106 cm³/mol. The Morgan fingerprint density at radius 1 is 1.15 bits per heavy atom. The minimum atomic E-state index is -0.540. The first-order valence-electron chi connectivity index (χ1n) is 9.79. The van der Waals surface area contributed by atoms with E-state index in [1.54, 1.807) is 39.1 Å². The summed E-state index contributed by atoms with van der Waals surface area (Å²) in [4.78, 5) is 28.4. The molecular formula is C20H32N4O3. The van der Waals surface area contributed by atoms with Gasteiger partial charge >= 0.3 is 6.09 Å². The third-order valence-corrected chi connectivity index (χ3v) is 4.41. The quantitative estimate of drug-likeness (QED) is 0.635. The molecule has 0 aliphatic heterocycles. The van der Waals surface area contributed by atoms with Crippen LogP contribution in [-0.2, 0) is 4.74 Å². The number of alkyl carbamates (subject to hydrolysis) is 1. The fourth-order valence-corrected chi connectivity index (χ4v) is 3.11. The van der Waals surface area contributed by atoms with Crippen LogP contribution in [0.5, 0.6) is 0 Å². The number of nitrogens with one attached hydrogen (secondary N) is 3. The van der Waals surface area contributed by atoms with Gasteiger partial charge in [0.2, 0.25) is 0 Å². The van der Waals surface area contributed by atoms with Crippen LogP contribution in [0, 0.1) is 5.92 Å². The maximum Gasteiger partial charge on any atom is 0.407 e. The number of amides is 2. The van der Waals surface area contributed by atoms with Gasteiger partial charge in [-0.1, -0.05) is 19.3 Å². The summed E-state index contributed by atoms with van der Waals surface area (Å²) >= 11 is 0. The number of nitrogens with zero attached hydrogens (tertiary/aromatic N) is 1. The van der Waals surface area contributed by atoms with Crippen LogP contribution in [0.1, 0.15) is 63.2 Å². The number of anilines is 1. The van der Waals surface area contributed by atoms with Crippen LogP contribution in [-0.4, -0.2) is 42.2 Å². The van der Waals surface area contributed by atoms with E-state index in [4.69, 9.17) is 4.74 Å². The van der Waals surface area contributed by atoms with Gasteiger partial charge in [-0.3, -0.25) is 4.79 Å². The molecule has 1 aliphatic carbocycles. The van der Waals surface area contributed by atoms with Crippen LogP contribution in [0.4, 0.5) is 10.6 Å². The van der Waals surface area contributed by atoms with Crippen LogP contribution in [0.3, 0.4) is 0 Å². The summed E-state index contributed by atoms with van der Waals surface area (Å²) in [5.41, 5.74) is -0.0207. The molecule has 0 spiro atoms. The highest BCUT2D eigenvalue weighted by molar-refractivity contribution is 5.98. The zero-order chi connectivity index (χ0) is 19.7. The molecule has 0 unspecified atom stereocenters. The molecule has 1 aromatic rings. The van der Waals surface area contributed by atoms with Gasteiger partial charge in [-0.05, 0) is 51.7 Å². The average molecular weight is 377 g/mol. The molecule has 2 rings (SSSR count). The smallest absolute Gasteiger partial charge is 0.407 e. The Kier molecular flexibility index (Phi) is 7.88. The summed E-state index contributed by atoms with van der Waals surface area (Å²) in [5, 5.41) is 8.76. The van der Waals surface area contributed by atoms with Crippen molar-refractivity contribution in [2.45, 2.75) is 58.5 Å². The minimum Gasteiger partial charge on any atom is -0.444 e. The van der Waals surface area contributed by atoms with Crippen LogP contribution < -0.4 is 16.0 Å². The van der Waals surface area contributed by atoms with Gasteiger partial charge in [0.25, 0.3) is 5.91 Å². The summed E-state index contributed by atoms with van der Waals surface area (Å²) in [7, 11) is 0. The van der Waals surface area contributed by atoms with Crippen LogP contribution in [0.2, 0.25) is 0 Å². The number of rotatable bonds is 7. The first-order chi connectivity index (χ1) is 12.8. The number of pyridine rings is 1. The highest BCUT2D eigenvalue weighted by Gasteiger charge is 2.17. The first-order valence-corrected chi connectivity index (χ1v) is 9.79. The van der Waals surface area contributed by atoms with Crippen LogP contribution >= 0.6 is 0 Å². The van der Waals surface area contributed by atoms with Crippen molar-refractivity contribution >= 4 is 17.8 Å². The summed E-state index contributed by atoms with van der Waals surface area (Å²) in [6.45, 7) is 6.87. The monoisotopic (exact) mass is 376 g/mol. The number of hydrogen-bond acceptors (Lipinski definition) is 5. The SMILES string of the molecule is CC(C)(C)OC(=O)NCCNC(=O)c1cccnc1NCC1CCCCC1. The molecule has 0 aromatic carbocycles. The Morgan fingerprint density at radius 3 is 2.56 bits per heavy atom.